The molecule has 1 aliphatic rings. The smallest absolute Gasteiger partial charge is 0.118 e. The van der Waals surface area contributed by atoms with Crippen molar-refractivity contribution in [1.82, 2.24) is 4.90 Å². The fraction of sp³-hybridized carbons (Fsp3) is 0.600. The molecule has 1 aliphatic carbocycles. The molecule has 1 unspecified atom stereocenters. The minimum Gasteiger partial charge on any atom is -0.497 e. The molecule has 0 aromatic heterocycles. The van der Waals surface area contributed by atoms with Crippen LogP contribution in [0.1, 0.15) is 31.7 Å². The lowest BCUT2D eigenvalue weighted by Crippen LogP contribution is -2.33. The van der Waals surface area contributed by atoms with E-state index in [1.54, 1.807) is 7.11 Å². The first kappa shape index (κ1) is 13.4. The zero-order valence-electron chi connectivity index (χ0n) is 11.3. The van der Waals surface area contributed by atoms with Gasteiger partial charge in [-0.2, -0.15) is 0 Å². The van der Waals surface area contributed by atoms with Crippen LogP contribution in [0.3, 0.4) is 0 Å². The van der Waals surface area contributed by atoms with Crippen LogP contribution in [0.5, 0.6) is 5.75 Å². The predicted octanol–water partition coefficient (Wildman–Crippen LogP) is 2.43. The van der Waals surface area contributed by atoms with Gasteiger partial charge in [-0.15, -0.1) is 0 Å². The Labute approximate surface area is 109 Å². The van der Waals surface area contributed by atoms with Gasteiger partial charge in [0, 0.05) is 19.1 Å². The third kappa shape index (κ3) is 3.72. The zero-order chi connectivity index (χ0) is 13.0. The highest BCUT2D eigenvalue weighted by atomic mass is 16.5. The van der Waals surface area contributed by atoms with E-state index in [1.807, 2.05) is 19.1 Å². The highest BCUT2D eigenvalue weighted by Gasteiger charge is 2.29. The minimum absolute atomic E-state index is 0.205. The van der Waals surface area contributed by atoms with Gasteiger partial charge in [0.2, 0.25) is 0 Å². The molecule has 1 fully saturated rings. The maximum Gasteiger partial charge on any atom is 0.118 e. The maximum absolute atomic E-state index is 9.80. The first-order chi connectivity index (χ1) is 8.72. The van der Waals surface area contributed by atoms with Crippen LogP contribution in [0.15, 0.2) is 24.3 Å². The molecule has 0 saturated heterocycles. The van der Waals surface area contributed by atoms with E-state index >= 15 is 0 Å². The molecule has 0 bridgehead atoms. The van der Waals surface area contributed by atoms with Gasteiger partial charge in [0.15, 0.2) is 0 Å². The van der Waals surface area contributed by atoms with Crippen LogP contribution < -0.4 is 4.74 Å². The first-order valence-electron chi connectivity index (χ1n) is 6.78. The van der Waals surface area contributed by atoms with Crippen LogP contribution >= 0.6 is 0 Å². The van der Waals surface area contributed by atoms with Crippen molar-refractivity contribution in [2.75, 3.05) is 13.7 Å². The largest absolute Gasteiger partial charge is 0.497 e. The molecule has 1 aromatic carbocycles. The van der Waals surface area contributed by atoms with Crippen LogP contribution in [0, 0.1) is 0 Å². The SMILES string of the molecule is CCC(O)CN(Cc1ccc(OC)cc1)C1CC1. The van der Waals surface area contributed by atoms with Crippen LogP contribution in [-0.2, 0) is 6.54 Å². The average Bonchev–Trinajstić information content (AvgIpc) is 3.23. The summed E-state index contributed by atoms with van der Waals surface area (Å²) in [6, 6.07) is 8.88. The Morgan fingerprint density at radius 1 is 1.33 bits per heavy atom. The number of ether oxygens (including phenoxy) is 1. The van der Waals surface area contributed by atoms with Gasteiger partial charge in [-0.25, -0.2) is 0 Å². The van der Waals surface area contributed by atoms with E-state index in [2.05, 4.69) is 17.0 Å². The van der Waals surface area contributed by atoms with Gasteiger partial charge in [-0.1, -0.05) is 19.1 Å². The van der Waals surface area contributed by atoms with Crippen molar-refractivity contribution < 1.29 is 9.84 Å². The number of benzene rings is 1. The lowest BCUT2D eigenvalue weighted by molar-refractivity contribution is 0.101. The van der Waals surface area contributed by atoms with Crippen molar-refractivity contribution in [3.63, 3.8) is 0 Å². The van der Waals surface area contributed by atoms with Crippen LogP contribution in [0.2, 0.25) is 0 Å². The van der Waals surface area contributed by atoms with Crippen molar-refractivity contribution in [2.24, 2.45) is 0 Å². The third-order valence-corrected chi connectivity index (χ3v) is 3.52. The molecule has 0 aliphatic heterocycles. The van der Waals surface area contributed by atoms with Crippen molar-refractivity contribution in [1.29, 1.82) is 0 Å². The summed E-state index contributed by atoms with van der Waals surface area (Å²) in [7, 11) is 1.68. The second-order valence-corrected chi connectivity index (χ2v) is 5.07. The van der Waals surface area contributed by atoms with Gasteiger partial charge >= 0.3 is 0 Å². The van der Waals surface area contributed by atoms with Gasteiger partial charge in [0.25, 0.3) is 0 Å². The molecule has 3 heteroatoms. The molecule has 3 nitrogen and oxygen atoms in total. The number of aliphatic hydroxyl groups is 1. The Morgan fingerprint density at radius 3 is 2.50 bits per heavy atom. The molecule has 100 valence electrons. The number of nitrogens with zero attached hydrogens (tertiary/aromatic N) is 1. The van der Waals surface area contributed by atoms with E-state index in [4.69, 9.17) is 4.74 Å². The van der Waals surface area contributed by atoms with Gasteiger partial charge in [0.1, 0.15) is 5.75 Å². The van der Waals surface area contributed by atoms with Crippen LogP contribution in [0.25, 0.3) is 0 Å². The molecule has 0 radical (unpaired) electrons. The Kier molecular flexibility index (Phi) is 4.61. The number of hydrogen-bond donors (Lipinski definition) is 1. The molecule has 1 atom stereocenters. The average molecular weight is 249 g/mol. The number of rotatable bonds is 7. The predicted molar refractivity (Wildman–Crippen MR) is 72.7 cm³/mol. The number of aliphatic hydroxyl groups excluding tert-OH is 1. The Balaban J connectivity index is 1.94. The standard InChI is InChI=1S/C15H23NO2/c1-3-14(17)11-16(13-6-7-13)10-12-4-8-15(18-2)9-5-12/h4-5,8-9,13-14,17H,3,6-7,10-11H2,1-2H3. The summed E-state index contributed by atoms with van der Waals surface area (Å²) in [4.78, 5) is 2.40. The molecule has 0 spiro atoms. The second kappa shape index (κ2) is 6.21. The Hall–Kier alpha value is -1.06. The lowest BCUT2D eigenvalue weighted by Gasteiger charge is -2.24. The quantitative estimate of drug-likeness (QED) is 0.805. The summed E-state index contributed by atoms with van der Waals surface area (Å²) in [5, 5.41) is 9.80. The van der Waals surface area contributed by atoms with Crippen molar-refractivity contribution >= 4 is 0 Å². The maximum atomic E-state index is 9.80. The molecule has 2 rings (SSSR count). The van der Waals surface area contributed by atoms with E-state index in [1.165, 1.54) is 18.4 Å². The summed E-state index contributed by atoms with van der Waals surface area (Å²) in [5.74, 6) is 0.894. The zero-order valence-corrected chi connectivity index (χ0v) is 11.3. The highest BCUT2D eigenvalue weighted by molar-refractivity contribution is 5.27. The van der Waals surface area contributed by atoms with Crippen molar-refractivity contribution in [3.8, 4) is 5.75 Å². The molecule has 1 N–H and O–H groups in total. The van der Waals surface area contributed by atoms with Gasteiger partial charge in [-0.05, 0) is 37.0 Å². The highest BCUT2D eigenvalue weighted by Crippen LogP contribution is 2.28. The van der Waals surface area contributed by atoms with Crippen molar-refractivity contribution in [3.05, 3.63) is 29.8 Å². The summed E-state index contributed by atoms with van der Waals surface area (Å²) in [5.41, 5.74) is 1.28. The fourth-order valence-corrected chi connectivity index (χ4v) is 2.15. The van der Waals surface area contributed by atoms with E-state index in [0.29, 0.717) is 6.04 Å². The molecule has 18 heavy (non-hydrogen) atoms. The minimum atomic E-state index is -0.205. The summed E-state index contributed by atoms with van der Waals surface area (Å²) < 4.78 is 5.16. The first-order valence-corrected chi connectivity index (χ1v) is 6.78. The van der Waals surface area contributed by atoms with Gasteiger partial charge < -0.3 is 9.84 Å². The van der Waals surface area contributed by atoms with Crippen LogP contribution in [0.4, 0.5) is 0 Å². The Bertz CT molecular complexity index is 359. The van der Waals surface area contributed by atoms with E-state index < -0.39 is 0 Å². The van der Waals surface area contributed by atoms with E-state index in [9.17, 15) is 5.11 Å². The molecular formula is C15H23NO2. The molecule has 1 saturated carbocycles. The van der Waals surface area contributed by atoms with E-state index in [-0.39, 0.29) is 6.10 Å². The third-order valence-electron chi connectivity index (χ3n) is 3.52. The topological polar surface area (TPSA) is 32.7 Å². The summed E-state index contributed by atoms with van der Waals surface area (Å²) >= 11 is 0. The summed E-state index contributed by atoms with van der Waals surface area (Å²) in [6.07, 6.45) is 3.16. The number of methoxy groups -OCH3 is 1. The normalized spacial score (nSPS) is 16.9. The Morgan fingerprint density at radius 2 is 2.00 bits per heavy atom. The van der Waals surface area contributed by atoms with Gasteiger partial charge in [0.05, 0.1) is 13.2 Å². The molecular weight excluding hydrogens is 226 g/mol. The summed E-state index contributed by atoms with van der Waals surface area (Å²) in [6.45, 7) is 3.74. The lowest BCUT2D eigenvalue weighted by atomic mass is 10.2. The van der Waals surface area contributed by atoms with Gasteiger partial charge in [-0.3, -0.25) is 4.90 Å². The van der Waals surface area contributed by atoms with E-state index in [0.717, 1.165) is 25.3 Å². The second-order valence-electron chi connectivity index (χ2n) is 5.07. The van der Waals surface area contributed by atoms with Crippen molar-refractivity contribution in [2.45, 2.75) is 44.9 Å². The molecule has 0 amide bonds. The monoisotopic (exact) mass is 249 g/mol. The fourth-order valence-electron chi connectivity index (χ4n) is 2.15. The molecule has 1 aromatic rings. The number of hydrogen-bond acceptors (Lipinski definition) is 3. The van der Waals surface area contributed by atoms with Crippen LogP contribution in [-0.4, -0.2) is 35.8 Å². The molecule has 0 heterocycles.